The number of hydrogen-bond donors (Lipinski definition) is 5. The number of anilines is 1. The minimum Gasteiger partial charge on any atom is -0.398 e. The maximum atomic E-state index is 11.0. The average molecular weight is 484 g/mol. The van der Waals surface area contributed by atoms with Crippen LogP contribution < -0.4 is 16.6 Å². The molecule has 0 fully saturated rings. The lowest BCUT2D eigenvalue weighted by molar-refractivity contribution is -0.106. The number of thiazole rings is 1. The zero-order valence-electron chi connectivity index (χ0n) is 19.0. The summed E-state index contributed by atoms with van der Waals surface area (Å²) in [7, 11) is -1.67. The highest BCUT2D eigenvalue weighted by Gasteiger charge is 2.35. The highest BCUT2D eigenvalue weighted by Crippen LogP contribution is 2.42. The molecule has 0 aliphatic heterocycles. The van der Waals surface area contributed by atoms with Crippen molar-refractivity contribution >= 4 is 34.4 Å². The van der Waals surface area contributed by atoms with Crippen molar-refractivity contribution in [1.29, 1.82) is 0 Å². The molecule has 0 saturated heterocycles. The Bertz CT molecular complexity index is 999. The molecule has 0 bridgehead atoms. The standard InChI is InChI=1S/C13H18N2.C7H12N2O3S2.CH3NO/c1-13(2)7-6-9-11(14)8-4-3-5-10(8)15-12(9)13;1-7(2,11)6-9-4(3-10)5(13-6)14(8)12;2-1-3/h3-7H2,1-2H3,(H2,14,15);10-11H,3,8H2,1-2H3;1H,(H2,2,3). The van der Waals surface area contributed by atoms with Crippen LogP contribution in [0.5, 0.6) is 0 Å². The number of rotatable bonds is 3. The molecule has 2 aliphatic rings. The third-order valence-electron chi connectivity index (χ3n) is 5.53. The van der Waals surface area contributed by atoms with E-state index in [2.05, 4.69) is 24.6 Å². The Labute approximate surface area is 195 Å². The van der Waals surface area contributed by atoms with Gasteiger partial charge in [-0.15, -0.1) is 11.3 Å². The van der Waals surface area contributed by atoms with Crippen molar-refractivity contribution in [3.63, 3.8) is 0 Å². The SMILES string of the molecule is CC(C)(O)c1nc(CO)c(S(N)=O)s1.CC1(C)CCc2c1nc1c(c2N)CCC1.NC=O. The number of amides is 1. The maximum absolute atomic E-state index is 11.0. The fourth-order valence-corrected chi connectivity index (χ4v) is 5.60. The second-order valence-corrected chi connectivity index (χ2v) is 11.2. The molecule has 1 unspecified atom stereocenters. The summed E-state index contributed by atoms with van der Waals surface area (Å²) in [5.74, 6) is 0. The molecule has 2 heterocycles. The summed E-state index contributed by atoms with van der Waals surface area (Å²) in [6, 6.07) is 0. The van der Waals surface area contributed by atoms with Crippen LogP contribution in [0.3, 0.4) is 0 Å². The van der Waals surface area contributed by atoms with Crippen LogP contribution in [0.25, 0.3) is 0 Å². The average Bonchev–Trinajstić information content (AvgIpc) is 3.40. The van der Waals surface area contributed by atoms with Gasteiger partial charge in [-0.2, -0.15) is 0 Å². The van der Waals surface area contributed by atoms with E-state index in [1.165, 1.54) is 35.4 Å². The van der Waals surface area contributed by atoms with Gasteiger partial charge >= 0.3 is 0 Å². The molecule has 2 aromatic rings. The molecule has 4 rings (SSSR count). The third-order valence-corrected chi connectivity index (χ3v) is 8.08. The Morgan fingerprint density at radius 1 is 1.22 bits per heavy atom. The van der Waals surface area contributed by atoms with E-state index in [0.717, 1.165) is 36.3 Å². The van der Waals surface area contributed by atoms with E-state index < -0.39 is 16.6 Å². The number of fused-ring (bicyclic) bond motifs is 2. The van der Waals surface area contributed by atoms with Crippen LogP contribution in [0.4, 0.5) is 5.69 Å². The largest absolute Gasteiger partial charge is 0.398 e. The normalized spacial score (nSPS) is 16.7. The number of hydrogen-bond acceptors (Lipinski definition) is 8. The third kappa shape index (κ3) is 5.70. The van der Waals surface area contributed by atoms with Gasteiger partial charge in [-0.25, -0.2) is 14.3 Å². The number of aromatic nitrogens is 2. The summed E-state index contributed by atoms with van der Waals surface area (Å²) in [5.41, 5.74) is 16.2. The fourth-order valence-electron chi connectivity index (χ4n) is 3.88. The number of primary amides is 1. The second kappa shape index (κ2) is 10.3. The van der Waals surface area contributed by atoms with Gasteiger partial charge in [-0.3, -0.25) is 9.78 Å². The van der Waals surface area contributed by atoms with Crippen molar-refractivity contribution in [2.45, 2.75) is 81.6 Å². The number of carbonyl (C=O) groups excluding carboxylic acids is 1. The monoisotopic (exact) mass is 483 g/mol. The Morgan fingerprint density at radius 2 is 1.84 bits per heavy atom. The lowest BCUT2D eigenvalue weighted by Gasteiger charge is -2.19. The van der Waals surface area contributed by atoms with Gasteiger partial charge in [-0.1, -0.05) is 13.8 Å². The maximum Gasteiger partial charge on any atom is 0.204 e. The minimum absolute atomic E-state index is 0.237. The Balaban J connectivity index is 0.000000203. The molecule has 178 valence electrons. The van der Waals surface area contributed by atoms with E-state index in [1.54, 1.807) is 13.8 Å². The number of aliphatic hydroxyl groups is 2. The molecule has 0 saturated carbocycles. The van der Waals surface area contributed by atoms with E-state index in [1.807, 2.05) is 0 Å². The number of nitrogens with zero attached hydrogens (tertiary/aromatic N) is 2. The van der Waals surface area contributed by atoms with Crippen LogP contribution in [0.1, 0.15) is 73.8 Å². The van der Waals surface area contributed by atoms with Gasteiger partial charge in [-0.05, 0) is 57.1 Å². The summed E-state index contributed by atoms with van der Waals surface area (Å²) < 4.78 is 11.3. The molecule has 0 aromatic carbocycles. The topological polar surface area (TPSA) is 178 Å². The number of nitrogen functional groups attached to an aromatic ring is 1. The number of aryl methyl sites for hydroxylation is 1. The van der Waals surface area contributed by atoms with Crippen LogP contribution in [-0.2, 0) is 52.7 Å². The second-order valence-electron chi connectivity index (χ2n) is 8.92. The summed E-state index contributed by atoms with van der Waals surface area (Å²) in [5, 5.41) is 24.1. The Morgan fingerprint density at radius 3 is 2.34 bits per heavy atom. The Hall–Kier alpha value is -1.92. The predicted octanol–water partition coefficient (Wildman–Crippen LogP) is 1.32. The smallest absolute Gasteiger partial charge is 0.204 e. The molecule has 0 spiro atoms. The number of carbonyl (C=O) groups is 1. The lowest BCUT2D eigenvalue weighted by atomic mass is 9.90. The minimum atomic E-state index is -1.67. The van der Waals surface area contributed by atoms with E-state index in [9.17, 15) is 9.32 Å². The van der Waals surface area contributed by atoms with Gasteiger partial charge in [0.05, 0.1) is 18.0 Å². The fraction of sp³-hybridized carbons (Fsp3) is 0.571. The number of nitrogens with two attached hydrogens (primary N) is 3. The van der Waals surface area contributed by atoms with Crippen molar-refractivity contribution in [2.24, 2.45) is 10.9 Å². The Kier molecular flexibility index (Phi) is 8.51. The quantitative estimate of drug-likeness (QED) is 0.408. The van der Waals surface area contributed by atoms with Crippen molar-refractivity contribution < 1.29 is 19.2 Å². The van der Waals surface area contributed by atoms with E-state index >= 15 is 0 Å². The summed E-state index contributed by atoms with van der Waals surface area (Å²) in [6.07, 6.45) is 6.07. The van der Waals surface area contributed by atoms with Gasteiger partial charge in [0, 0.05) is 16.8 Å². The molecule has 32 heavy (non-hydrogen) atoms. The van der Waals surface area contributed by atoms with Crippen LogP contribution in [0.2, 0.25) is 0 Å². The first-order chi connectivity index (χ1) is 14.9. The van der Waals surface area contributed by atoms with Crippen molar-refractivity contribution in [3.05, 3.63) is 33.2 Å². The summed E-state index contributed by atoms with van der Waals surface area (Å²) in [6.45, 7) is 7.37. The van der Waals surface area contributed by atoms with Crippen LogP contribution >= 0.6 is 11.3 Å². The first kappa shape index (κ1) is 26.3. The van der Waals surface area contributed by atoms with Gasteiger partial charge < -0.3 is 21.7 Å². The summed E-state index contributed by atoms with van der Waals surface area (Å²) >= 11 is 1.05. The highest BCUT2D eigenvalue weighted by molar-refractivity contribution is 7.85. The molecule has 11 heteroatoms. The molecule has 0 radical (unpaired) electrons. The lowest BCUT2D eigenvalue weighted by Crippen LogP contribution is -2.15. The molecule has 1 amide bonds. The predicted molar refractivity (Wildman–Crippen MR) is 126 cm³/mol. The summed E-state index contributed by atoms with van der Waals surface area (Å²) in [4.78, 5) is 17.4. The number of pyridine rings is 1. The highest BCUT2D eigenvalue weighted by atomic mass is 32.2. The molecular weight excluding hydrogens is 450 g/mol. The first-order valence-corrected chi connectivity index (χ1v) is 12.4. The van der Waals surface area contributed by atoms with E-state index in [0.29, 0.717) is 9.22 Å². The first-order valence-electron chi connectivity index (χ1n) is 10.3. The van der Waals surface area contributed by atoms with Crippen LogP contribution in [-0.4, -0.2) is 30.8 Å². The van der Waals surface area contributed by atoms with Crippen LogP contribution in [0.15, 0.2) is 4.21 Å². The zero-order chi connectivity index (χ0) is 24.3. The van der Waals surface area contributed by atoms with E-state index in [-0.39, 0.29) is 24.1 Å². The van der Waals surface area contributed by atoms with Gasteiger partial charge in [0.15, 0.2) is 0 Å². The molecular formula is C21H33N5O4S2. The zero-order valence-corrected chi connectivity index (χ0v) is 20.6. The molecule has 8 N–H and O–H groups in total. The van der Waals surface area contributed by atoms with Crippen molar-refractivity contribution in [2.75, 3.05) is 5.73 Å². The van der Waals surface area contributed by atoms with E-state index in [4.69, 9.17) is 25.8 Å². The molecule has 1 atom stereocenters. The van der Waals surface area contributed by atoms with Crippen molar-refractivity contribution in [3.8, 4) is 0 Å². The van der Waals surface area contributed by atoms with Gasteiger partial charge in [0.1, 0.15) is 25.8 Å². The van der Waals surface area contributed by atoms with Crippen LogP contribution in [0, 0.1) is 0 Å². The van der Waals surface area contributed by atoms with Gasteiger partial charge in [0.25, 0.3) is 0 Å². The van der Waals surface area contributed by atoms with Crippen molar-refractivity contribution in [1.82, 2.24) is 9.97 Å². The molecule has 9 nitrogen and oxygen atoms in total. The molecule has 2 aromatic heterocycles. The molecule has 2 aliphatic carbocycles. The van der Waals surface area contributed by atoms with Gasteiger partial charge in [0.2, 0.25) is 6.41 Å². The number of aliphatic hydroxyl groups excluding tert-OH is 1.